The lowest BCUT2D eigenvalue weighted by Gasteiger charge is -2.25. The van der Waals surface area contributed by atoms with Gasteiger partial charge in [0.2, 0.25) is 5.91 Å². The van der Waals surface area contributed by atoms with Gasteiger partial charge in [-0.3, -0.25) is 4.79 Å². The molecule has 0 heterocycles. The summed E-state index contributed by atoms with van der Waals surface area (Å²) >= 11 is 0. The molecule has 0 aromatic heterocycles. The number of carbonyl (C=O) groups is 1. The molecule has 100 valence electrons. The number of rotatable bonds is 5. The number of carbonyl (C=O) groups excluding carboxylic acids is 1. The maximum absolute atomic E-state index is 11.7. The van der Waals surface area contributed by atoms with Gasteiger partial charge in [-0.25, -0.2) is 0 Å². The lowest BCUT2D eigenvalue weighted by atomic mass is 9.87. The van der Waals surface area contributed by atoms with E-state index in [-0.39, 0.29) is 11.3 Å². The quantitative estimate of drug-likeness (QED) is 0.717. The van der Waals surface area contributed by atoms with Crippen molar-refractivity contribution in [1.82, 2.24) is 5.32 Å². The molecular formula is C13H26N2O2. The fourth-order valence-electron chi connectivity index (χ4n) is 1.96. The van der Waals surface area contributed by atoms with Gasteiger partial charge >= 0.3 is 0 Å². The van der Waals surface area contributed by atoms with Crippen LogP contribution in [0.5, 0.6) is 0 Å². The zero-order valence-corrected chi connectivity index (χ0v) is 11.3. The standard InChI is InChI=1S/C13H26N2O2/c1-13(2,3)11(14)12(16)15-8-9-17-10-6-4-5-7-10/h10-11H,4-9,14H2,1-3H3,(H,15,16)/t11-/m0/s1. The van der Waals surface area contributed by atoms with Crippen molar-refractivity contribution >= 4 is 5.91 Å². The highest BCUT2D eigenvalue weighted by Crippen LogP contribution is 2.20. The molecule has 1 amide bonds. The first-order chi connectivity index (χ1) is 7.91. The van der Waals surface area contributed by atoms with E-state index >= 15 is 0 Å². The molecule has 0 aliphatic heterocycles. The maximum Gasteiger partial charge on any atom is 0.237 e. The normalized spacial score (nSPS) is 19.3. The Morgan fingerprint density at radius 3 is 2.53 bits per heavy atom. The van der Waals surface area contributed by atoms with Gasteiger partial charge in [-0.05, 0) is 18.3 Å². The summed E-state index contributed by atoms with van der Waals surface area (Å²) in [6.45, 7) is 7.04. The highest BCUT2D eigenvalue weighted by molar-refractivity contribution is 5.82. The first kappa shape index (κ1) is 14.5. The number of hydrogen-bond acceptors (Lipinski definition) is 3. The summed E-state index contributed by atoms with van der Waals surface area (Å²) < 4.78 is 5.66. The molecule has 1 aliphatic carbocycles. The maximum atomic E-state index is 11.7. The molecule has 0 bridgehead atoms. The van der Waals surface area contributed by atoms with Gasteiger partial charge in [0.05, 0.1) is 18.8 Å². The smallest absolute Gasteiger partial charge is 0.237 e. The van der Waals surface area contributed by atoms with Crippen molar-refractivity contribution in [2.45, 2.75) is 58.6 Å². The second-order valence-corrected chi connectivity index (χ2v) is 5.91. The molecule has 1 rings (SSSR count). The predicted octanol–water partition coefficient (Wildman–Crippen LogP) is 1.44. The Hall–Kier alpha value is -0.610. The van der Waals surface area contributed by atoms with E-state index in [2.05, 4.69) is 5.32 Å². The van der Waals surface area contributed by atoms with Crippen LogP contribution in [-0.4, -0.2) is 31.2 Å². The molecule has 0 unspecified atom stereocenters. The lowest BCUT2D eigenvalue weighted by Crippen LogP contribution is -2.49. The van der Waals surface area contributed by atoms with E-state index < -0.39 is 6.04 Å². The predicted molar refractivity (Wildman–Crippen MR) is 68.6 cm³/mol. The molecule has 0 radical (unpaired) electrons. The first-order valence-corrected chi connectivity index (χ1v) is 6.56. The average molecular weight is 242 g/mol. The Labute approximate surface area is 104 Å². The highest BCUT2D eigenvalue weighted by Gasteiger charge is 2.27. The van der Waals surface area contributed by atoms with Crippen LogP contribution in [0.3, 0.4) is 0 Å². The van der Waals surface area contributed by atoms with Gasteiger partial charge in [0.1, 0.15) is 0 Å². The molecule has 4 heteroatoms. The van der Waals surface area contributed by atoms with Crippen LogP contribution in [0.15, 0.2) is 0 Å². The van der Waals surface area contributed by atoms with Crippen LogP contribution in [0.1, 0.15) is 46.5 Å². The van der Waals surface area contributed by atoms with E-state index in [1.807, 2.05) is 20.8 Å². The van der Waals surface area contributed by atoms with Crippen LogP contribution in [0.2, 0.25) is 0 Å². The summed E-state index contributed by atoms with van der Waals surface area (Å²) in [7, 11) is 0. The van der Waals surface area contributed by atoms with Crippen molar-refractivity contribution in [1.29, 1.82) is 0 Å². The van der Waals surface area contributed by atoms with E-state index in [9.17, 15) is 4.79 Å². The summed E-state index contributed by atoms with van der Waals surface area (Å²) in [5.41, 5.74) is 5.65. The molecule has 0 spiro atoms. The Morgan fingerprint density at radius 2 is 2.00 bits per heavy atom. The molecule has 1 saturated carbocycles. The Kier molecular flexibility index (Phi) is 5.40. The molecule has 1 aliphatic rings. The monoisotopic (exact) mass is 242 g/mol. The number of amides is 1. The SMILES string of the molecule is CC(C)(C)[C@@H](N)C(=O)NCCOC1CCCC1. The Morgan fingerprint density at radius 1 is 1.41 bits per heavy atom. The molecule has 1 atom stereocenters. The van der Waals surface area contributed by atoms with Crippen molar-refractivity contribution < 1.29 is 9.53 Å². The number of hydrogen-bond donors (Lipinski definition) is 2. The van der Waals surface area contributed by atoms with Gasteiger partial charge in [-0.1, -0.05) is 33.6 Å². The van der Waals surface area contributed by atoms with Gasteiger partial charge in [0.25, 0.3) is 0 Å². The fraction of sp³-hybridized carbons (Fsp3) is 0.923. The van der Waals surface area contributed by atoms with Gasteiger partial charge < -0.3 is 15.8 Å². The van der Waals surface area contributed by atoms with Crippen LogP contribution in [0, 0.1) is 5.41 Å². The third-order valence-corrected chi connectivity index (χ3v) is 3.27. The van der Waals surface area contributed by atoms with Crippen molar-refractivity contribution in [3.8, 4) is 0 Å². The van der Waals surface area contributed by atoms with Crippen molar-refractivity contribution in [3.63, 3.8) is 0 Å². The zero-order chi connectivity index (χ0) is 12.9. The summed E-state index contributed by atoms with van der Waals surface area (Å²) in [5.74, 6) is -0.0903. The van der Waals surface area contributed by atoms with E-state index in [1.165, 1.54) is 12.8 Å². The molecule has 1 fully saturated rings. The van der Waals surface area contributed by atoms with Crippen molar-refractivity contribution in [2.24, 2.45) is 11.1 Å². The molecule has 4 nitrogen and oxygen atoms in total. The minimum atomic E-state index is -0.464. The molecule has 0 saturated heterocycles. The second-order valence-electron chi connectivity index (χ2n) is 5.91. The fourth-order valence-corrected chi connectivity index (χ4v) is 1.96. The second kappa shape index (κ2) is 6.36. The highest BCUT2D eigenvalue weighted by atomic mass is 16.5. The van der Waals surface area contributed by atoms with Crippen LogP contribution < -0.4 is 11.1 Å². The molecule has 0 aromatic rings. The third kappa shape index (κ3) is 5.04. The van der Waals surface area contributed by atoms with Gasteiger partial charge in [-0.15, -0.1) is 0 Å². The van der Waals surface area contributed by atoms with Gasteiger partial charge in [0, 0.05) is 6.54 Å². The summed E-state index contributed by atoms with van der Waals surface area (Å²) in [6, 6.07) is -0.464. The van der Waals surface area contributed by atoms with Gasteiger partial charge in [0.15, 0.2) is 0 Å². The summed E-state index contributed by atoms with van der Waals surface area (Å²) in [5, 5.41) is 2.82. The van der Waals surface area contributed by atoms with E-state index in [1.54, 1.807) is 0 Å². The van der Waals surface area contributed by atoms with Crippen LogP contribution in [-0.2, 0) is 9.53 Å². The van der Waals surface area contributed by atoms with Crippen molar-refractivity contribution in [3.05, 3.63) is 0 Å². The lowest BCUT2D eigenvalue weighted by molar-refractivity contribution is -0.124. The Balaban J connectivity index is 2.11. The molecule has 3 N–H and O–H groups in total. The van der Waals surface area contributed by atoms with E-state index in [0.29, 0.717) is 19.3 Å². The molecule has 17 heavy (non-hydrogen) atoms. The van der Waals surface area contributed by atoms with Crippen LogP contribution in [0.4, 0.5) is 0 Å². The zero-order valence-electron chi connectivity index (χ0n) is 11.3. The topological polar surface area (TPSA) is 64.4 Å². The summed E-state index contributed by atoms with van der Waals surface area (Å²) in [6.07, 6.45) is 5.27. The Bertz CT molecular complexity index is 242. The molecular weight excluding hydrogens is 216 g/mol. The number of nitrogens with one attached hydrogen (secondary N) is 1. The average Bonchev–Trinajstić information content (AvgIpc) is 2.74. The number of ether oxygens (including phenoxy) is 1. The van der Waals surface area contributed by atoms with Crippen LogP contribution in [0.25, 0.3) is 0 Å². The molecule has 0 aromatic carbocycles. The number of nitrogens with two attached hydrogens (primary N) is 1. The first-order valence-electron chi connectivity index (χ1n) is 6.56. The van der Waals surface area contributed by atoms with E-state index in [4.69, 9.17) is 10.5 Å². The minimum absolute atomic E-state index is 0.0903. The van der Waals surface area contributed by atoms with Crippen LogP contribution >= 0.6 is 0 Å². The third-order valence-electron chi connectivity index (χ3n) is 3.27. The van der Waals surface area contributed by atoms with Crippen molar-refractivity contribution in [2.75, 3.05) is 13.2 Å². The minimum Gasteiger partial charge on any atom is -0.376 e. The van der Waals surface area contributed by atoms with Gasteiger partial charge in [-0.2, -0.15) is 0 Å². The summed E-state index contributed by atoms with van der Waals surface area (Å²) in [4.78, 5) is 11.7. The largest absolute Gasteiger partial charge is 0.376 e. The van der Waals surface area contributed by atoms with E-state index in [0.717, 1.165) is 12.8 Å².